The molecule has 0 amide bonds. The van der Waals surface area contributed by atoms with E-state index in [2.05, 4.69) is 4.98 Å². The lowest BCUT2D eigenvalue weighted by atomic mass is 9.98. The maximum Gasteiger partial charge on any atom is 0.433 e. The Labute approximate surface area is 167 Å². The summed E-state index contributed by atoms with van der Waals surface area (Å²) in [6.07, 6.45) is -7.18. The number of nitrogens with zero attached hydrogens (tertiary/aromatic N) is 3. The van der Waals surface area contributed by atoms with Crippen LogP contribution in [0.4, 0.5) is 5.88 Å². The summed E-state index contributed by atoms with van der Waals surface area (Å²) in [6.45, 7) is -0.610. The molecule has 29 heavy (non-hydrogen) atoms. The van der Waals surface area contributed by atoms with Crippen molar-refractivity contribution >= 4 is 28.5 Å². The quantitative estimate of drug-likeness (QED) is 0.350. The SMILES string of the molecule is O=[N+]([O-])c1ccc(-c2nc3cc(Cl)ccc3n2[C@H]2O[C@H](CO)[C@H](O)[C@H](O)[C@H]2O)o1. The van der Waals surface area contributed by atoms with E-state index in [0.717, 1.165) is 6.07 Å². The largest absolute Gasteiger partial charge is 0.433 e. The van der Waals surface area contributed by atoms with Crippen molar-refractivity contribution in [2.75, 3.05) is 6.61 Å². The van der Waals surface area contributed by atoms with Gasteiger partial charge in [0.05, 0.1) is 23.7 Å². The van der Waals surface area contributed by atoms with Crippen LogP contribution in [0.25, 0.3) is 22.6 Å². The molecule has 3 heterocycles. The molecule has 1 fully saturated rings. The highest BCUT2D eigenvalue weighted by Crippen LogP contribution is 2.37. The summed E-state index contributed by atoms with van der Waals surface area (Å²) in [7, 11) is 0. The molecule has 1 aromatic carbocycles. The number of aromatic nitrogens is 2. The molecule has 3 aromatic rings. The summed E-state index contributed by atoms with van der Waals surface area (Å²) in [4.78, 5) is 14.7. The first-order valence-corrected chi connectivity index (χ1v) is 8.92. The van der Waals surface area contributed by atoms with E-state index in [9.17, 15) is 30.5 Å². The molecule has 0 radical (unpaired) electrons. The fourth-order valence-electron chi connectivity index (χ4n) is 3.34. The Hall–Kier alpha value is -2.54. The normalized spacial score (nSPS) is 27.4. The van der Waals surface area contributed by atoms with Crippen molar-refractivity contribution in [1.82, 2.24) is 9.55 Å². The number of rotatable bonds is 4. The number of fused-ring (bicyclic) bond motifs is 1. The third-order valence-corrected chi connectivity index (χ3v) is 5.00. The molecule has 0 unspecified atom stereocenters. The summed E-state index contributed by atoms with van der Waals surface area (Å²) in [6, 6.07) is 7.19. The predicted molar refractivity (Wildman–Crippen MR) is 98.1 cm³/mol. The minimum atomic E-state index is -1.62. The van der Waals surface area contributed by atoms with Gasteiger partial charge >= 0.3 is 5.88 Å². The average Bonchev–Trinajstić information content (AvgIpc) is 3.31. The van der Waals surface area contributed by atoms with E-state index in [-0.39, 0.29) is 11.6 Å². The molecule has 0 aliphatic carbocycles. The monoisotopic (exact) mass is 425 g/mol. The van der Waals surface area contributed by atoms with Gasteiger partial charge in [0.2, 0.25) is 0 Å². The lowest BCUT2D eigenvalue weighted by Gasteiger charge is -2.40. The third kappa shape index (κ3) is 3.27. The predicted octanol–water partition coefficient (Wildman–Crippen LogP) is 0.830. The second-order valence-corrected chi connectivity index (χ2v) is 6.99. The zero-order chi connectivity index (χ0) is 20.9. The van der Waals surface area contributed by atoms with Crippen molar-refractivity contribution in [2.45, 2.75) is 30.6 Å². The lowest BCUT2D eigenvalue weighted by molar-refractivity contribution is -0.401. The number of halogens is 1. The van der Waals surface area contributed by atoms with Crippen LogP contribution in [0.2, 0.25) is 5.02 Å². The van der Waals surface area contributed by atoms with E-state index >= 15 is 0 Å². The number of furan rings is 1. The molecule has 1 saturated heterocycles. The van der Waals surface area contributed by atoms with Gasteiger partial charge in [-0.1, -0.05) is 11.6 Å². The van der Waals surface area contributed by atoms with Crippen LogP contribution in [0.3, 0.4) is 0 Å². The van der Waals surface area contributed by atoms with Crippen LogP contribution in [0.15, 0.2) is 34.7 Å². The standard InChI is InChI=1S/C17H16ClN3O8/c18-7-1-2-9-8(5-7)19-16(10-3-4-12(28-10)21(26)27)20(9)17-15(25)14(24)13(23)11(6-22)29-17/h1-5,11,13-15,17,22-25H,6H2/t11-,13+,14+,15-,17+/m1/s1. The molecule has 1 aliphatic heterocycles. The van der Waals surface area contributed by atoms with Crippen LogP contribution in [0, 0.1) is 10.1 Å². The van der Waals surface area contributed by atoms with Crippen molar-refractivity contribution in [1.29, 1.82) is 0 Å². The second kappa shape index (κ2) is 7.37. The van der Waals surface area contributed by atoms with Gasteiger partial charge in [-0.05, 0) is 24.3 Å². The van der Waals surface area contributed by atoms with Gasteiger partial charge in [0.1, 0.15) is 29.3 Å². The lowest BCUT2D eigenvalue weighted by Crippen LogP contribution is -2.56. The molecule has 4 N–H and O–H groups in total. The number of benzene rings is 1. The van der Waals surface area contributed by atoms with Crippen LogP contribution < -0.4 is 0 Å². The topological polar surface area (TPSA) is 164 Å². The molecule has 4 rings (SSSR count). The fourth-order valence-corrected chi connectivity index (χ4v) is 3.51. The van der Waals surface area contributed by atoms with E-state index in [1.165, 1.54) is 16.7 Å². The summed E-state index contributed by atoms with van der Waals surface area (Å²) in [5.41, 5.74) is 0.802. The highest BCUT2D eigenvalue weighted by atomic mass is 35.5. The van der Waals surface area contributed by atoms with Gasteiger partial charge in [-0.3, -0.25) is 14.7 Å². The molecule has 5 atom stereocenters. The Kier molecular flexibility index (Phi) is 5.02. The van der Waals surface area contributed by atoms with Gasteiger partial charge in [-0.2, -0.15) is 0 Å². The molecule has 0 bridgehead atoms. The number of ether oxygens (including phenoxy) is 1. The third-order valence-electron chi connectivity index (χ3n) is 4.77. The molecule has 0 saturated carbocycles. The zero-order valence-corrected chi connectivity index (χ0v) is 15.4. The molecule has 154 valence electrons. The number of hydrogen-bond acceptors (Lipinski definition) is 9. The summed E-state index contributed by atoms with van der Waals surface area (Å²) >= 11 is 6.03. The van der Waals surface area contributed by atoms with Crippen LogP contribution >= 0.6 is 11.6 Å². The first-order valence-electron chi connectivity index (χ1n) is 8.54. The summed E-state index contributed by atoms with van der Waals surface area (Å²) in [5.74, 6) is -0.425. The molecule has 2 aromatic heterocycles. The molecular weight excluding hydrogens is 410 g/mol. The van der Waals surface area contributed by atoms with Crippen molar-refractivity contribution in [3.8, 4) is 11.6 Å². The number of aliphatic hydroxyl groups excluding tert-OH is 4. The second-order valence-electron chi connectivity index (χ2n) is 6.55. The first kappa shape index (κ1) is 19.8. The maximum atomic E-state index is 11.0. The molecule has 0 spiro atoms. The van der Waals surface area contributed by atoms with Gasteiger partial charge in [0.25, 0.3) is 0 Å². The average molecular weight is 426 g/mol. The number of hydrogen-bond donors (Lipinski definition) is 4. The van der Waals surface area contributed by atoms with Crippen molar-refractivity contribution in [3.63, 3.8) is 0 Å². The Morgan fingerprint density at radius 1 is 1.17 bits per heavy atom. The Balaban J connectivity index is 1.90. The van der Waals surface area contributed by atoms with Crippen molar-refractivity contribution in [3.05, 3.63) is 45.5 Å². The van der Waals surface area contributed by atoms with Crippen molar-refractivity contribution in [2.24, 2.45) is 0 Å². The van der Waals surface area contributed by atoms with Gasteiger partial charge in [0.15, 0.2) is 17.8 Å². The van der Waals surface area contributed by atoms with E-state index in [1.807, 2.05) is 0 Å². The first-order chi connectivity index (χ1) is 13.8. The molecular formula is C17H16ClN3O8. The maximum absolute atomic E-state index is 11.0. The number of aliphatic hydroxyl groups is 4. The highest BCUT2D eigenvalue weighted by molar-refractivity contribution is 6.31. The molecule has 12 heteroatoms. The smallest absolute Gasteiger partial charge is 0.397 e. The van der Waals surface area contributed by atoms with Crippen molar-refractivity contribution < 1.29 is 34.5 Å². The Morgan fingerprint density at radius 3 is 2.59 bits per heavy atom. The van der Waals surface area contributed by atoms with E-state index in [1.54, 1.807) is 12.1 Å². The minimum absolute atomic E-state index is 0.0148. The van der Waals surface area contributed by atoms with Gasteiger partial charge in [-0.15, -0.1) is 0 Å². The minimum Gasteiger partial charge on any atom is -0.397 e. The van der Waals surface area contributed by atoms with Crippen LogP contribution in [-0.2, 0) is 4.74 Å². The van der Waals surface area contributed by atoms with Gasteiger partial charge in [-0.25, -0.2) is 4.98 Å². The van der Waals surface area contributed by atoms with Crippen LogP contribution in [0.1, 0.15) is 6.23 Å². The van der Waals surface area contributed by atoms with E-state index in [0.29, 0.717) is 16.1 Å². The zero-order valence-electron chi connectivity index (χ0n) is 14.6. The van der Waals surface area contributed by atoms with Gasteiger partial charge < -0.3 is 29.6 Å². The number of nitro groups is 1. The fraction of sp³-hybridized carbons (Fsp3) is 0.353. The van der Waals surface area contributed by atoms with Crippen LogP contribution in [0.5, 0.6) is 0 Å². The van der Waals surface area contributed by atoms with Crippen LogP contribution in [-0.4, -0.2) is 65.9 Å². The summed E-state index contributed by atoms with van der Waals surface area (Å²) in [5, 5.41) is 51.6. The molecule has 11 nitrogen and oxygen atoms in total. The van der Waals surface area contributed by atoms with E-state index < -0.39 is 48.1 Å². The Morgan fingerprint density at radius 2 is 1.93 bits per heavy atom. The molecule has 1 aliphatic rings. The highest BCUT2D eigenvalue weighted by Gasteiger charge is 2.45. The summed E-state index contributed by atoms with van der Waals surface area (Å²) < 4.78 is 12.3. The number of imidazole rings is 1. The van der Waals surface area contributed by atoms with E-state index in [4.69, 9.17) is 20.8 Å². The Bertz CT molecular complexity index is 1060. The van der Waals surface area contributed by atoms with Gasteiger partial charge in [0, 0.05) is 5.02 Å².